The van der Waals surface area contributed by atoms with Crippen molar-refractivity contribution in [3.63, 3.8) is 0 Å². The third-order valence-corrected chi connectivity index (χ3v) is 4.27. The van der Waals surface area contributed by atoms with E-state index < -0.39 is 22.7 Å². The molecule has 0 bridgehead atoms. The summed E-state index contributed by atoms with van der Waals surface area (Å²) < 4.78 is 43.9. The summed E-state index contributed by atoms with van der Waals surface area (Å²) in [6.45, 7) is 5.56. The van der Waals surface area contributed by atoms with Crippen LogP contribution in [0.3, 0.4) is 0 Å². The zero-order valence-electron chi connectivity index (χ0n) is 15.3. The summed E-state index contributed by atoms with van der Waals surface area (Å²) in [5.41, 5.74) is -0.992. The van der Waals surface area contributed by atoms with Gasteiger partial charge in [-0.2, -0.15) is 18.2 Å². The first-order chi connectivity index (χ1) is 12.5. The Hall–Kier alpha value is -2.13. The van der Waals surface area contributed by atoms with Crippen molar-refractivity contribution in [2.75, 3.05) is 18.9 Å². The molecule has 0 fully saturated rings. The maximum Gasteiger partial charge on any atom is 0.417 e. The van der Waals surface area contributed by atoms with Crippen molar-refractivity contribution >= 4 is 23.2 Å². The summed E-state index contributed by atoms with van der Waals surface area (Å²) in [7, 11) is 1.67. The minimum absolute atomic E-state index is 0.0117. The van der Waals surface area contributed by atoms with Crippen molar-refractivity contribution in [3.05, 3.63) is 40.5 Å². The Bertz CT molecular complexity index is 808. The zero-order valence-corrected chi connectivity index (χ0v) is 16.0. The molecule has 1 amide bonds. The molecule has 6 nitrogen and oxygen atoms in total. The van der Waals surface area contributed by atoms with Crippen molar-refractivity contribution in [1.29, 1.82) is 0 Å². The molecule has 0 aliphatic heterocycles. The van der Waals surface area contributed by atoms with Gasteiger partial charge in [0.1, 0.15) is 0 Å². The largest absolute Gasteiger partial charge is 0.417 e. The van der Waals surface area contributed by atoms with Crippen molar-refractivity contribution in [2.24, 2.45) is 0 Å². The van der Waals surface area contributed by atoms with Crippen LogP contribution in [0.5, 0.6) is 0 Å². The van der Waals surface area contributed by atoms with Gasteiger partial charge in [-0.1, -0.05) is 30.6 Å². The quantitative estimate of drug-likeness (QED) is 0.767. The summed E-state index contributed by atoms with van der Waals surface area (Å²) in [5.74, 6) is 0.551. The van der Waals surface area contributed by atoms with Gasteiger partial charge in [0.25, 0.3) is 0 Å². The Labute approximate surface area is 159 Å². The first-order valence-electron chi connectivity index (χ1n) is 8.19. The number of rotatable bonds is 6. The number of halogens is 4. The minimum atomic E-state index is -4.60. The van der Waals surface area contributed by atoms with Gasteiger partial charge < -0.3 is 9.84 Å². The maximum atomic E-state index is 12.9. The van der Waals surface area contributed by atoms with Crippen LogP contribution in [0.25, 0.3) is 0 Å². The molecule has 2 rings (SSSR count). The van der Waals surface area contributed by atoms with Crippen LogP contribution in [0.1, 0.15) is 50.0 Å². The molecule has 1 aromatic carbocycles. The topological polar surface area (TPSA) is 71.3 Å². The molecule has 10 heteroatoms. The molecule has 1 aromatic heterocycles. The maximum absolute atomic E-state index is 12.9. The highest BCUT2D eigenvalue weighted by molar-refractivity contribution is 6.31. The third kappa shape index (κ3) is 5.43. The molecular weight excluding hydrogens is 385 g/mol. The molecule has 0 radical (unpaired) electrons. The van der Waals surface area contributed by atoms with Gasteiger partial charge in [-0.25, -0.2) is 0 Å². The number of nitrogens with one attached hydrogen (secondary N) is 1. The predicted molar refractivity (Wildman–Crippen MR) is 94.5 cm³/mol. The van der Waals surface area contributed by atoms with E-state index in [0.29, 0.717) is 11.7 Å². The van der Waals surface area contributed by atoms with Gasteiger partial charge in [-0.3, -0.25) is 9.69 Å². The number of carbonyl (C=O) groups is 1. The first kappa shape index (κ1) is 21.2. The molecule has 0 saturated heterocycles. The van der Waals surface area contributed by atoms with Crippen molar-refractivity contribution in [3.8, 4) is 0 Å². The molecule has 0 saturated carbocycles. The van der Waals surface area contributed by atoms with E-state index in [1.165, 1.54) is 6.07 Å². The van der Waals surface area contributed by atoms with Crippen molar-refractivity contribution < 1.29 is 22.5 Å². The summed E-state index contributed by atoms with van der Waals surface area (Å²) in [4.78, 5) is 18.1. The van der Waals surface area contributed by atoms with Crippen LogP contribution in [0.4, 0.5) is 18.9 Å². The average Bonchev–Trinajstić information content (AvgIpc) is 3.05. The normalized spacial score (nSPS) is 13.3. The zero-order chi connectivity index (χ0) is 20.4. The van der Waals surface area contributed by atoms with E-state index in [9.17, 15) is 18.0 Å². The molecule has 1 unspecified atom stereocenters. The van der Waals surface area contributed by atoms with Crippen LogP contribution in [-0.4, -0.2) is 34.5 Å². The van der Waals surface area contributed by atoms with E-state index in [2.05, 4.69) is 15.5 Å². The number of alkyl halides is 3. The van der Waals surface area contributed by atoms with E-state index >= 15 is 0 Å². The SMILES string of the molecule is CC(C)c1noc(C(C)N(C)CC(=O)Nc2ccc(Cl)c(C(F)(F)F)c2)n1. The predicted octanol–water partition coefficient (Wildman–Crippen LogP) is 4.50. The van der Waals surface area contributed by atoms with Crippen LogP contribution in [0.2, 0.25) is 5.02 Å². The van der Waals surface area contributed by atoms with Gasteiger partial charge in [-0.05, 0) is 32.2 Å². The van der Waals surface area contributed by atoms with Gasteiger partial charge in [0.05, 0.1) is 23.2 Å². The third-order valence-electron chi connectivity index (χ3n) is 3.94. The Morgan fingerprint density at radius 1 is 1.33 bits per heavy atom. The lowest BCUT2D eigenvalue weighted by Gasteiger charge is -2.21. The number of hydrogen-bond donors (Lipinski definition) is 1. The Kier molecular flexibility index (Phi) is 6.48. The van der Waals surface area contributed by atoms with Crippen LogP contribution in [-0.2, 0) is 11.0 Å². The summed E-state index contributed by atoms with van der Waals surface area (Å²) >= 11 is 5.57. The molecule has 1 atom stereocenters. The summed E-state index contributed by atoms with van der Waals surface area (Å²) in [6.07, 6.45) is -4.60. The number of aromatic nitrogens is 2. The number of anilines is 1. The number of carbonyl (C=O) groups excluding carboxylic acids is 1. The number of likely N-dealkylation sites (N-methyl/N-ethyl adjacent to an activating group) is 1. The Balaban J connectivity index is 2.02. The van der Waals surface area contributed by atoms with E-state index in [1.807, 2.05) is 13.8 Å². The summed E-state index contributed by atoms with van der Waals surface area (Å²) in [6, 6.07) is 2.87. The number of benzene rings is 1. The highest BCUT2D eigenvalue weighted by Gasteiger charge is 2.33. The Morgan fingerprint density at radius 2 is 2.00 bits per heavy atom. The average molecular weight is 405 g/mol. The number of hydrogen-bond acceptors (Lipinski definition) is 5. The molecule has 27 heavy (non-hydrogen) atoms. The van der Waals surface area contributed by atoms with Gasteiger partial charge in [0.15, 0.2) is 5.82 Å². The van der Waals surface area contributed by atoms with Crippen molar-refractivity contribution in [1.82, 2.24) is 15.0 Å². The lowest BCUT2D eigenvalue weighted by Crippen LogP contribution is -2.32. The van der Waals surface area contributed by atoms with Gasteiger partial charge in [0.2, 0.25) is 11.8 Å². The molecule has 2 aromatic rings. The van der Waals surface area contributed by atoms with Crippen LogP contribution in [0.15, 0.2) is 22.7 Å². The van der Waals surface area contributed by atoms with Crippen LogP contribution in [0, 0.1) is 0 Å². The molecule has 0 aliphatic carbocycles. The Morgan fingerprint density at radius 3 is 2.56 bits per heavy atom. The lowest BCUT2D eigenvalue weighted by atomic mass is 10.2. The fourth-order valence-electron chi connectivity index (χ4n) is 2.22. The molecular formula is C17H20ClF3N4O2. The smallest absolute Gasteiger partial charge is 0.338 e. The highest BCUT2D eigenvalue weighted by atomic mass is 35.5. The molecule has 1 N–H and O–H groups in total. The van der Waals surface area contributed by atoms with Gasteiger partial charge >= 0.3 is 6.18 Å². The number of nitrogens with zero attached hydrogens (tertiary/aromatic N) is 3. The fourth-order valence-corrected chi connectivity index (χ4v) is 2.45. The van der Waals surface area contributed by atoms with E-state index in [1.54, 1.807) is 18.9 Å². The molecule has 148 valence electrons. The van der Waals surface area contributed by atoms with Gasteiger partial charge in [0, 0.05) is 11.6 Å². The second-order valence-electron chi connectivity index (χ2n) is 6.48. The summed E-state index contributed by atoms with van der Waals surface area (Å²) in [5, 5.41) is 5.88. The number of amides is 1. The second-order valence-corrected chi connectivity index (χ2v) is 6.88. The van der Waals surface area contributed by atoms with E-state index in [-0.39, 0.29) is 24.2 Å². The fraction of sp³-hybridized carbons (Fsp3) is 0.471. The van der Waals surface area contributed by atoms with E-state index in [4.69, 9.17) is 16.1 Å². The van der Waals surface area contributed by atoms with Crippen LogP contribution >= 0.6 is 11.6 Å². The standard InChI is InChI=1S/C17H20ClF3N4O2/c1-9(2)15-23-16(27-24-15)10(3)25(4)8-14(26)22-11-5-6-13(18)12(7-11)17(19,20)21/h5-7,9-10H,8H2,1-4H3,(H,22,26). The van der Waals surface area contributed by atoms with Crippen LogP contribution < -0.4 is 5.32 Å². The minimum Gasteiger partial charge on any atom is -0.338 e. The second kappa shape index (κ2) is 8.26. The van der Waals surface area contributed by atoms with Crippen molar-refractivity contribution in [2.45, 2.75) is 38.9 Å². The molecule has 1 heterocycles. The highest BCUT2D eigenvalue weighted by Crippen LogP contribution is 2.36. The lowest BCUT2D eigenvalue weighted by molar-refractivity contribution is -0.137. The first-order valence-corrected chi connectivity index (χ1v) is 8.57. The molecule has 0 spiro atoms. The van der Waals surface area contributed by atoms with Gasteiger partial charge in [-0.15, -0.1) is 0 Å². The van der Waals surface area contributed by atoms with E-state index in [0.717, 1.165) is 12.1 Å². The monoisotopic (exact) mass is 404 g/mol. The molecule has 0 aliphatic rings.